The van der Waals surface area contributed by atoms with Crippen LogP contribution in [0.15, 0.2) is 6.07 Å². The van der Waals surface area contributed by atoms with Crippen LogP contribution < -0.4 is 0 Å². The van der Waals surface area contributed by atoms with E-state index in [1.807, 2.05) is 0 Å². The molecule has 0 aliphatic carbocycles. The lowest BCUT2D eigenvalue weighted by atomic mass is 10.1. The van der Waals surface area contributed by atoms with Gasteiger partial charge in [0.1, 0.15) is 11.3 Å². The highest BCUT2D eigenvalue weighted by Gasteiger charge is 2.37. The minimum Gasteiger partial charge on any atom is -0.218 e. The fourth-order valence-corrected chi connectivity index (χ4v) is 1.11. The largest absolute Gasteiger partial charge is 0.421 e. The molecule has 0 aliphatic heterocycles. The Morgan fingerprint density at radius 3 is 2.13 bits per heavy atom. The molecular formula is C8H5F6N. The van der Waals surface area contributed by atoms with E-state index in [0.29, 0.717) is 6.07 Å². The summed E-state index contributed by atoms with van der Waals surface area (Å²) in [5, 5.41) is 0. The fraction of sp³-hybridized carbons (Fsp3) is 0.375. The van der Waals surface area contributed by atoms with Crippen LogP contribution in [0.3, 0.4) is 0 Å². The van der Waals surface area contributed by atoms with E-state index in [2.05, 4.69) is 4.98 Å². The van der Waals surface area contributed by atoms with Crippen molar-refractivity contribution in [3.63, 3.8) is 0 Å². The molecule has 0 bridgehead atoms. The van der Waals surface area contributed by atoms with Crippen molar-refractivity contribution in [3.8, 4) is 0 Å². The molecule has 0 N–H and O–H groups in total. The van der Waals surface area contributed by atoms with Crippen LogP contribution in [0.1, 0.15) is 23.2 Å². The van der Waals surface area contributed by atoms with Gasteiger partial charge in [0.2, 0.25) is 5.95 Å². The number of alkyl halides is 5. The van der Waals surface area contributed by atoms with Gasteiger partial charge in [0, 0.05) is 0 Å². The van der Waals surface area contributed by atoms with E-state index < -0.39 is 35.4 Å². The minimum atomic E-state index is -4.93. The molecule has 0 saturated carbocycles. The summed E-state index contributed by atoms with van der Waals surface area (Å²) in [5.41, 5.74) is -3.21. The standard InChI is InChI=1S/C8H5F6N/c1-3-2-4(6(9)10)15-7(11)5(3)8(12,13)14/h2,6H,1H3. The third kappa shape index (κ3) is 2.40. The van der Waals surface area contributed by atoms with E-state index in [1.54, 1.807) is 0 Å². The highest BCUT2D eigenvalue weighted by Crippen LogP contribution is 2.34. The Hall–Kier alpha value is -1.27. The second-order valence-corrected chi connectivity index (χ2v) is 2.83. The first-order chi connectivity index (χ1) is 6.73. The summed E-state index contributed by atoms with van der Waals surface area (Å²) in [6.07, 6.45) is -8.03. The Kier molecular flexibility index (Phi) is 2.92. The molecule has 0 spiro atoms. The lowest BCUT2D eigenvalue weighted by Crippen LogP contribution is -2.13. The van der Waals surface area contributed by atoms with Crippen LogP contribution in [0.4, 0.5) is 26.3 Å². The number of rotatable bonds is 1. The summed E-state index contributed by atoms with van der Waals surface area (Å²) in [7, 11) is 0. The van der Waals surface area contributed by atoms with Crippen LogP contribution in [0.25, 0.3) is 0 Å². The molecule has 1 nitrogen and oxygen atoms in total. The molecule has 0 aliphatic rings. The quantitative estimate of drug-likeness (QED) is 0.530. The summed E-state index contributed by atoms with van der Waals surface area (Å²) in [6, 6.07) is 0.524. The van der Waals surface area contributed by atoms with Crippen LogP contribution in [-0.4, -0.2) is 4.98 Å². The maximum absolute atomic E-state index is 12.8. The monoisotopic (exact) mass is 229 g/mol. The molecule has 0 unspecified atom stereocenters. The average Bonchev–Trinajstić information content (AvgIpc) is 1.99. The van der Waals surface area contributed by atoms with Gasteiger partial charge in [-0.2, -0.15) is 17.6 Å². The first-order valence-corrected chi connectivity index (χ1v) is 3.76. The van der Waals surface area contributed by atoms with Gasteiger partial charge in [-0.3, -0.25) is 0 Å². The Morgan fingerprint density at radius 2 is 1.80 bits per heavy atom. The van der Waals surface area contributed by atoms with Gasteiger partial charge in [0.15, 0.2) is 0 Å². The topological polar surface area (TPSA) is 12.9 Å². The number of nitrogens with zero attached hydrogens (tertiary/aromatic N) is 1. The Morgan fingerprint density at radius 1 is 1.27 bits per heavy atom. The first-order valence-electron chi connectivity index (χ1n) is 3.76. The van der Waals surface area contributed by atoms with Crippen molar-refractivity contribution in [2.45, 2.75) is 19.5 Å². The number of hydrogen-bond acceptors (Lipinski definition) is 1. The third-order valence-electron chi connectivity index (χ3n) is 1.70. The molecule has 0 amide bonds. The Balaban J connectivity index is 3.34. The van der Waals surface area contributed by atoms with Crippen molar-refractivity contribution >= 4 is 0 Å². The number of aryl methyl sites for hydroxylation is 1. The smallest absolute Gasteiger partial charge is 0.218 e. The summed E-state index contributed by atoms with van der Waals surface area (Å²) in [4.78, 5) is 2.56. The highest BCUT2D eigenvalue weighted by molar-refractivity contribution is 5.29. The van der Waals surface area contributed by atoms with Crippen molar-refractivity contribution in [1.29, 1.82) is 0 Å². The summed E-state index contributed by atoms with van der Waals surface area (Å²) in [6.45, 7) is 0.902. The van der Waals surface area contributed by atoms with Gasteiger partial charge in [-0.05, 0) is 18.6 Å². The minimum absolute atomic E-state index is 0.524. The van der Waals surface area contributed by atoms with Gasteiger partial charge >= 0.3 is 6.18 Å². The lowest BCUT2D eigenvalue weighted by molar-refractivity contribution is -0.141. The summed E-state index contributed by atoms with van der Waals surface area (Å²) in [5.74, 6) is -1.92. The van der Waals surface area contributed by atoms with Crippen LogP contribution >= 0.6 is 0 Å². The molecule has 7 heteroatoms. The van der Waals surface area contributed by atoms with Crippen LogP contribution in [0.2, 0.25) is 0 Å². The number of hydrogen-bond donors (Lipinski definition) is 0. The molecule has 0 aromatic carbocycles. The van der Waals surface area contributed by atoms with Crippen molar-refractivity contribution in [2.24, 2.45) is 0 Å². The normalized spacial score (nSPS) is 12.3. The van der Waals surface area contributed by atoms with Crippen molar-refractivity contribution in [3.05, 3.63) is 28.8 Å². The molecule has 0 atom stereocenters. The van der Waals surface area contributed by atoms with Gasteiger partial charge in [0.25, 0.3) is 6.43 Å². The maximum atomic E-state index is 12.8. The molecule has 0 radical (unpaired) electrons. The van der Waals surface area contributed by atoms with E-state index in [4.69, 9.17) is 0 Å². The number of pyridine rings is 1. The molecule has 15 heavy (non-hydrogen) atoms. The SMILES string of the molecule is Cc1cc(C(F)F)nc(F)c1C(F)(F)F. The molecule has 0 fully saturated rings. The predicted octanol–water partition coefficient (Wildman–Crippen LogP) is 3.49. The van der Waals surface area contributed by atoms with Gasteiger partial charge in [0.05, 0.1) is 0 Å². The zero-order valence-corrected chi connectivity index (χ0v) is 7.37. The van der Waals surface area contributed by atoms with Gasteiger partial charge in [-0.15, -0.1) is 0 Å². The highest BCUT2D eigenvalue weighted by atomic mass is 19.4. The zero-order valence-electron chi connectivity index (χ0n) is 7.37. The molecule has 1 heterocycles. The van der Waals surface area contributed by atoms with Crippen molar-refractivity contribution in [1.82, 2.24) is 4.98 Å². The van der Waals surface area contributed by atoms with E-state index in [9.17, 15) is 26.3 Å². The molecule has 1 aromatic heterocycles. The average molecular weight is 229 g/mol. The second-order valence-electron chi connectivity index (χ2n) is 2.83. The summed E-state index contributed by atoms with van der Waals surface area (Å²) >= 11 is 0. The third-order valence-corrected chi connectivity index (χ3v) is 1.70. The lowest BCUT2D eigenvalue weighted by Gasteiger charge is -2.11. The molecule has 84 valence electrons. The fourth-order valence-electron chi connectivity index (χ4n) is 1.11. The molecular weight excluding hydrogens is 224 g/mol. The summed E-state index contributed by atoms with van der Waals surface area (Å²) < 4.78 is 73.4. The molecule has 0 saturated heterocycles. The Bertz CT molecular complexity index is 347. The van der Waals surface area contributed by atoms with Gasteiger partial charge in [-0.25, -0.2) is 13.8 Å². The van der Waals surface area contributed by atoms with E-state index in [1.165, 1.54) is 0 Å². The van der Waals surface area contributed by atoms with Gasteiger partial charge in [-0.1, -0.05) is 0 Å². The van der Waals surface area contributed by atoms with Gasteiger partial charge < -0.3 is 0 Å². The van der Waals surface area contributed by atoms with Crippen LogP contribution in [0, 0.1) is 12.9 Å². The predicted molar refractivity (Wildman–Crippen MR) is 38.9 cm³/mol. The van der Waals surface area contributed by atoms with Crippen molar-refractivity contribution < 1.29 is 26.3 Å². The number of halogens is 6. The van der Waals surface area contributed by atoms with E-state index >= 15 is 0 Å². The maximum Gasteiger partial charge on any atom is 0.421 e. The van der Waals surface area contributed by atoms with E-state index in [0.717, 1.165) is 6.92 Å². The van der Waals surface area contributed by atoms with Crippen molar-refractivity contribution in [2.75, 3.05) is 0 Å². The number of aromatic nitrogens is 1. The van der Waals surface area contributed by atoms with E-state index in [-0.39, 0.29) is 0 Å². The zero-order chi connectivity index (χ0) is 11.8. The van der Waals surface area contributed by atoms with Crippen LogP contribution in [0.5, 0.6) is 0 Å². The molecule has 1 rings (SSSR count). The second kappa shape index (κ2) is 3.71. The van der Waals surface area contributed by atoms with Crippen LogP contribution in [-0.2, 0) is 6.18 Å². The molecule has 1 aromatic rings. The Labute approximate surface area is 80.7 Å². The first kappa shape index (κ1) is 11.8.